The van der Waals surface area contributed by atoms with Crippen molar-refractivity contribution in [3.63, 3.8) is 0 Å². The van der Waals surface area contributed by atoms with Crippen molar-refractivity contribution in [2.24, 2.45) is 0 Å². The first kappa shape index (κ1) is 17.2. The van der Waals surface area contributed by atoms with Crippen molar-refractivity contribution in [1.82, 2.24) is 30.8 Å². The van der Waals surface area contributed by atoms with E-state index < -0.39 is 6.03 Å². The van der Waals surface area contributed by atoms with E-state index in [9.17, 15) is 9.59 Å². The van der Waals surface area contributed by atoms with Gasteiger partial charge in [0.2, 0.25) is 11.1 Å². The molecule has 1 aromatic heterocycles. The average molecular weight is 352 g/mol. The second-order valence-corrected chi connectivity index (χ2v) is 7.43. The molecule has 0 spiro atoms. The minimum Gasteiger partial charge on any atom is -0.335 e. The van der Waals surface area contributed by atoms with E-state index in [4.69, 9.17) is 0 Å². The molecule has 2 fully saturated rings. The molecule has 132 valence electrons. The zero-order valence-corrected chi connectivity index (χ0v) is 14.6. The maximum atomic E-state index is 11.9. The van der Waals surface area contributed by atoms with Gasteiger partial charge in [0.1, 0.15) is 0 Å². The Bertz CT molecular complexity index is 566. The number of rotatable bonds is 5. The van der Waals surface area contributed by atoms with Gasteiger partial charge in [-0.3, -0.25) is 10.1 Å². The topological polar surface area (TPSA) is 102 Å². The van der Waals surface area contributed by atoms with Crippen LogP contribution < -0.4 is 10.6 Å². The van der Waals surface area contributed by atoms with Crippen LogP contribution in [0.4, 0.5) is 4.79 Å². The lowest BCUT2D eigenvalue weighted by Crippen LogP contribution is -2.44. The Morgan fingerprint density at radius 3 is 2.54 bits per heavy atom. The molecule has 3 amide bonds. The Morgan fingerprint density at radius 2 is 1.79 bits per heavy atom. The summed E-state index contributed by atoms with van der Waals surface area (Å²) in [6.45, 7) is 0. The van der Waals surface area contributed by atoms with Gasteiger partial charge in [0.05, 0.1) is 11.8 Å². The first-order valence-corrected chi connectivity index (χ1v) is 9.72. The number of amides is 3. The Hall–Kier alpha value is -1.64. The van der Waals surface area contributed by atoms with Crippen molar-refractivity contribution in [2.45, 2.75) is 75.0 Å². The van der Waals surface area contributed by atoms with Crippen LogP contribution in [-0.2, 0) is 4.79 Å². The number of thioether (sulfide) groups is 1. The summed E-state index contributed by atoms with van der Waals surface area (Å²) < 4.78 is 1.83. The summed E-state index contributed by atoms with van der Waals surface area (Å²) in [4.78, 5) is 23.7. The van der Waals surface area contributed by atoms with Gasteiger partial charge in [-0.05, 0) is 36.1 Å². The highest BCUT2D eigenvalue weighted by Gasteiger charge is 2.22. The molecule has 1 aromatic rings. The third-order valence-corrected chi connectivity index (χ3v) is 5.59. The minimum atomic E-state index is -0.403. The normalized spacial score (nSPS) is 19.3. The van der Waals surface area contributed by atoms with E-state index in [0.29, 0.717) is 11.2 Å². The van der Waals surface area contributed by atoms with Gasteiger partial charge in [-0.25, -0.2) is 9.48 Å². The molecule has 0 aliphatic heterocycles. The van der Waals surface area contributed by atoms with E-state index in [1.165, 1.54) is 31.0 Å². The van der Waals surface area contributed by atoms with E-state index in [-0.39, 0.29) is 17.7 Å². The smallest absolute Gasteiger partial charge is 0.321 e. The Labute approximate surface area is 145 Å². The van der Waals surface area contributed by atoms with Crippen molar-refractivity contribution in [2.75, 3.05) is 5.75 Å². The molecule has 0 aromatic carbocycles. The number of imide groups is 1. The van der Waals surface area contributed by atoms with Crippen molar-refractivity contribution in [3.05, 3.63) is 0 Å². The highest BCUT2D eigenvalue weighted by atomic mass is 32.2. The Balaban J connectivity index is 1.44. The van der Waals surface area contributed by atoms with E-state index in [2.05, 4.69) is 26.2 Å². The summed E-state index contributed by atoms with van der Waals surface area (Å²) in [7, 11) is 0. The zero-order valence-electron chi connectivity index (χ0n) is 13.7. The van der Waals surface area contributed by atoms with E-state index in [0.717, 1.165) is 38.5 Å². The van der Waals surface area contributed by atoms with E-state index in [1.807, 2.05) is 4.68 Å². The average Bonchev–Trinajstić information content (AvgIpc) is 3.25. The van der Waals surface area contributed by atoms with Crippen LogP contribution >= 0.6 is 11.8 Å². The second-order valence-electron chi connectivity index (χ2n) is 6.49. The number of aromatic nitrogens is 4. The van der Waals surface area contributed by atoms with Crippen molar-refractivity contribution in [3.8, 4) is 0 Å². The fourth-order valence-corrected chi connectivity index (χ4v) is 4.16. The van der Waals surface area contributed by atoms with Crippen molar-refractivity contribution < 1.29 is 9.59 Å². The summed E-state index contributed by atoms with van der Waals surface area (Å²) in [5, 5.41) is 17.7. The van der Waals surface area contributed by atoms with Gasteiger partial charge < -0.3 is 5.32 Å². The predicted octanol–water partition coefficient (Wildman–Crippen LogP) is 2.04. The lowest BCUT2D eigenvalue weighted by atomic mass is 9.96. The molecule has 0 unspecified atom stereocenters. The van der Waals surface area contributed by atoms with Crippen molar-refractivity contribution >= 4 is 23.7 Å². The molecule has 0 atom stereocenters. The Kier molecular flexibility index (Phi) is 6.06. The minimum absolute atomic E-state index is 0.130. The Morgan fingerprint density at radius 1 is 1.08 bits per heavy atom. The monoisotopic (exact) mass is 352 g/mol. The van der Waals surface area contributed by atoms with Gasteiger partial charge in [-0.1, -0.05) is 43.9 Å². The molecule has 8 nitrogen and oxygen atoms in total. The molecule has 2 aliphatic rings. The summed E-state index contributed by atoms with van der Waals surface area (Å²) >= 11 is 1.28. The van der Waals surface area contributed by atoms with Crippen LogP contribution in [0.1, 0.15) is 63.8 Å². The quantitative estimate of drug-likeness (QED) is 0.786. The fraction of sp³-hybridized carbons (Fsp3) is 0.800. The standard InChI is InChI=1S/C15H24N6O2S/c22-13(17-14(23)16-11-6-4-5-7-11)10-24-15-18-19-20-21(15)12-8-2-1-3-9-12/h11-12H,1-10H2,(H2,16,17,22,23). The van der Waals surface area contributed by atoms with Gasteiger partial charge in [0.25, 0.3) is 0 Å². The first-order chi connectivity index (χ1) is 11.7. The number of nitrogens with one attached hydrogen (secondary N) is 2. The van der Waals surface area contributed by atoms with Crippen LogP contribution in [0.5, 0.6) is 0 Å². The van der Waals surface area contributed by atoms with Crippen LogP contribution in [0.15, 0.2) is 5.16 Å². The molecule has 24 heavy (non-hydrogen) atoms. The number of hydrogen-bond acceptors (Lipinski definition) is 6. The van der Waals surface area contributed by atoms with Gasteiger partial charge in [0.15, 0.2) is 0 Å². The molecule has 1 heterocycles. The third-order valence-electron chi connectivity index (χ3n) is 4.66. The van der Waals surface area contributed by atoms with Gasteiger partial charge in [-0.15, -0.1) is 5.10 Å². The van der Waals surface area contributed by atoms with Crippen LogP contribution in [0.3, 0.4) is 0 Å². The summed E-state index contributed by atoms with van der Waals surface area (Å²) in [5.74, 6) is -0.195. The largest absolute Gasteiger partial charge is 0.335 e. The third kappa shape index (κ3) is 4.68. The number of urea groups is 1. The molecule has 2 aliphatic carbocycles. The second kappa shape index (κ2) is 8.46. The van der Waals surface area contributed by atoms with E-state index >= 15 is 0 Å². The molecule has 0 radical (unpaired) electrons. The predicted molar refractivity (Wildman–Crippen MR) is 89.6 cm³/mol. The number of hydrogen-bond donors (Lipinski definition) is 2. The maximum absolute atomic E-state index is 11.9. The SMILES string of the molecule is O=C(CSc1nnnn1C1CCCCC1)NC(=O)NC1CCCC1. The van der Waals surface area contributed by atoms with E-state index in [1.54, 1.807) is 0 Å². The summed E-state index contributed by atoms with van der Waals surface area (Å²) in [5.41, 5.74) is 0. The van der Waals surface area contributed by atoms with Crippen LogP contribution in [0.25, 0.3) is 0 Å². The zero-order chi connectivity index (χ0) is 16.8. The van der Waals surface area contributed by atoms with Crippen molar-refractivity contribution in [1.29, 1.82) is 0 Å². The summed E-state index contributed by atoms with van der Waals surface area (Å²) in [6, 6.07) is 0.119. The van der Waals surface area contributed by atoms with Gasteiger partial charge in [0, 0.05) is 6.04 Å². The van der Waals surface area contributed by atoms with Crippen LogP contribution in [-0.4, -0.2) is 43.9 Å². The summed E-state index contributed by atoms with van der Waals surface area (Å²) in [6.07, 6.45) is 10.1. The number of nitrogens with zero attached hydrogens (tertiary/aromatic N) is 4. The molecule has 2 N–H and O–H groups in total. The lowest BCUT2D eigenvalue weighted by molar-refractivity contribution is -0.117. The van der Waals surface area contributed by atoms with Gasteiger partial charge >= 0.3 is 6.03 Å². The molecule has 3 rings (SSSR count). The first-order valence-electron chi connectivity index (χ1n) is 8.73. The number of carbonyl (C=O) groups excluding carboxylic acids is 2. The molecular formula is C15H24N6O2S. The molecule has 2 saturated carbocycles. The van der Waals surface area contributed by atoms with Crippen LogP contribution in [0, 0.1) is 0 Å². The molecule has 9 heteroatoms. The highest BCUT2D eigenvalue weighted by molar-refractivity contribution is 7.99. The van der Waals surface area contributed by atoms with Gasteiger partial charge in [-0.2, -0.15) is 0 Å². The number of tetrazole rings is 1. The highest BCUT2D eigenvalue weighted by Crippen LogP contribution is 2.30. The fourth-order valence-electron chi connectivity index (χ4n) is 3.42. The molecular weight excluding hydrogens is 328 g/mol. The molecule has 0 bridgehead atoms. The van der Waals surface area contributed by atoms with Crippen LogP contribution in [0.2, 0.25) is 0 Å². The molecule has 0 saturated heterocycles. The number of carbonyl (C=O) groups is 2. The lowest BCUT2D eigenvalue weighted by Gasteiger charge is -2.21. The maximum Gasteiger partial charge on any atom is 0.321 e.